The van der Waals surface area contributed by atoms with Crippen LogP contribution >= 0.6 is 0 Å². The van der Waals surface area contributed by atoms with Crippen LogP contribution < -0.4 is 5.32 Å². The number of nitrogens with zero attached hydrogens (tertiary/aromatic N) is 1. The van der Waals surface area contributed by atoms with E-state index in [1.54, 1.807) is 0 Å². The zero-order valence-corrected chi connectivity index (χ0v) is 5.55. The molecule has 2 heteroatoms. The summed E-state index contributed by atoms with van der Waals surface area (Å²) in [5.74, 6) is 0. The van der Waals surface area contributed by atoms with Crippen LogP contribution in [0.25, 0.3) is 0 Å². The van der Waals surface area contributed by atoms with Crippen molar-refractivity contribution < 1.29 is 4.74 Å². The van der Waals surface area contributed by atoms with Crippen molar-refractivity contribution in [3.8, 4) is 0 Å². The van der Waals surface area contributed by atoms with E-state index in [9.17, 15) is 0 Å². The van der Waals surface area contributed by atoms with Gasteiger partial charge in [-0.3, -0.25) is 0 Å². The van der Waals surface area contributed by atoms with Gasteiger partial charge in [-0.2, -0.15) is 0 Å². The summed E-state index contributed by atoms with van der Waals surface area (Å²) in [6.45, 7) is 6.15. The standard InChI is InChI=1S/C7H12NO/c1-2-3-7-6-8-4-5-9-7/h2,7H,1,3-6H2. The Morgan fingerprint density at radius 2 is 2.67 bits per heavy atom. The van der Waals surface area contributed by atoms with Crippen LogP contribution in [0.5, 0.6) is 0 Å². The van der Waals surface area contributed by atoms with Gasteiger partial charge in [0, 0.05) is 13.1 Å². The highest BCUT2D eigenvalue weighted by molar-refractivity contribution is 4.76. The van der Waals surface area contributed by atoms with Crippen molar-refractivity contribution in [3.05, 3.63) is 12.7 Å². The Morgan fingerprint density at radius 1 is 1.78 bits per heavy atom. The molecule has 1 fully saturated rings. The molecule has 1 heterocycles. The Labute approximate surface area is 55.9 Å². The quantitative estimate of drug-likeness (QED) is 0.496. The summed E-state index contributed by atoms with van der Waals surface area (Å²) < 4.78 is 5.35. The van der Waals surface area contributed by atoms with E-state index in [0.717, 1.165) is 26.1 Å². The maximum atomic E-state index is 5.35. The summed E-state index contributed by atoms with van der Waals surface area (Å²) in [5, 5.41) is 4.20. The Kier molecular flexibility index (Phi) is 2.74. The summed E-state index contributed by atoms with van der Waals surface area (Å²) in [5.41, 5.74) is 0. The number of rotatable bonds is 2. The molecule has 1 aliphatic heterocycles. The number of morpholine rings is 1. The molecule has 0 aliphatic carbocycles. The van der Waals surface area contributed by atoms with Crippen molar-refractivity contribution in [1.82, 2.24) is 5.32 Å². The van der Waals surface area contributed by atoms with Crippen LogP contribution in [0.3, 0.4) is 0 Å². The molecular formula is C7H12NO. The van der Waals surface area contributed by atoms with Crippen LogP contribution in [0.1, 0.15) is 6.42 Å². The smallest absolute Gasteiger partial charge is 0.0751 e. The SMILES string of the molecule is C=CCC1C[N]CCO1. The van der Waals surface area contributed by atoms with Crippen molar-refractivity contribution in [3.63, 3.8) is 0 Å². The van der Waals surface area contributed by atoms with Crippen molar-refractivity contribution in [1.29, 1.82) is 0 Å². The first kappa shape index (κ1) is 6.78. The van der Waals surface area contributed by atoms with E-state index in [4.69, 9.17) is 4.74 Å². The third kappa shape index (κ3) is 2.16. The minimum absolute atomic E-state index is 0.316. The normalized spacial score (nSPS) is 27.8. The molecular weight excluding hydrogens is 114 g/mol. The number of hydrogen-bond acceptors (Lipinski definition) is 1. The summed E-state index contributed by atoms with van der Waals surface area (Å²) in [4.78, 5) is 0. The van der Waals surface area contributed by atoms with Crippen molar-refractivity contribution in [2.75, 3.05) is 19.7 Å². The van der Waals surface area contributed by atoms with Gasteiger partial charge in [0.25, 0.3) is 0 Å². The van der Waals surface area contributed by atoms with Gasteiger partial charge in [0.05, 0.1) is 12.7 Å². The lowest BCUT2D eigenvalue weighted by Gasteiger charge is -2.20. The summed E-state index contributed by atoms with van der Waals surface area (Å²) in [7, 11) is 0. The van der Waals surface area contributed by atoms with Crippen molar-refractivity contribution in [2.45, 2.75) is 12.5 Å². The fourth-order valence-corrected chi connectivity index (χ4v) is 0.900. The first-order valence-electron chi connectivity index (χ1n) is 3.29. The molecule has 0 saturated carbocycles. The second-order valence-corrected chi connectivity index (χ2v) is 2.15. The molecule has 0 bridgehead atoms. The zero-order valence-electron chi connectivity index (χ0n) is 5.55. The highest BCUT2D eigenvalue weighted by Crippen LogP contribution is 2.01. The van der Waals surface area contributed by atoms with Gasteiger partial charge in [-0.15, -0.1) is 6.58 Å². The number of hydrogen-bond donors (Lipinski definition) is 0. The van der Waals surface area contributed by atoms with Gasteiger partial charge in [0.15, 0.2) is 0 Å². The molecule has 1 unspecified atom stereocenters. The highest BCUT2D eigenvalue weighted by Gasteiger charge is 2.11. The lowest BCUT2D eigenvalue weighted by Crippen LogP contribution is -2.33. The Morgan fingerprint density at radius 3 is 3.22 bits per heavy atom. The maximum Gasteiger partial charge on any atom is 0.0751 e. The van der Waals surface area contributed by atoms with Gasteiger partial charge in [-0.1, -0.05) is 6.08 Å². The molecule has 0 N–H and O–H groups in total. The van der Waals surface area contributed by atoms with E-state index in [1.165, 1.54) is 0 Å². The average Bonchev–Trinajstić information content (AvgIpc) is 1.91. The summed E-state index contributed by atoms with van der Waals surface area (Å²) in [6.07, 6.45) is 3.13. The molecule has 1 aliphatic rings. The molecule has 1 radical (unpaired) electrons. The molecule has 1 rings (SSSR count). The lowest BCUT2D eigenvalue weighted by molar-refractivity contribution is 0.0293. The first-order chi connectivity index (χ1) is 4.43. The van der Waals surface area contributed by atoms with Crippen LogP contribution in [0.2, 0.25) is 0 Å². The van der Waals surface area contributed by atoms with Gasteiger partial charge in [0.2, 0.25) is 0 Å². The fraction of sp³-hybridized carbons (Fsp3) is 0.714. The lowest BCUT2D eigenvalue weighted by atomic mass is 10.2. The Balaban J connectivity index is 2.15. The van der Waals surface area contributed by atoms with Gasteiger partial charge >= 0.3 is 0 Å². The van der Waals surface area contributed by atoms with Gasteiger partial charge in [-0.25, -0.2) is 5.32 Å². The monoisotopic (exact) mass is 126 g/mol. The van der Waals surface area contributed by atoms with E-state index in [1.807, 2.05) is 6.08 Å². The fourth-order valence-electron chi connectivity index (χ4n) is 0.900. The second-order valence-electron chi connectivity index (χ2n) is 2.15. The molecule has 51 valence electrons. The molecule has 1 atom stereocenters. The maximum absolute atomic E-state index is 5.35. The van der Waals surface area contributed by atoms with E-state index in [2.05, 4.69) is 11.9 Å². The van der Waals surface area contributed by atoms with Gasteiger partial charge in [0.1, 0.15) is 0 Å². The van der Waals surface area contributed by atoms with Crippen LogP contribution in [0.4, 0.5) is 0 Å². The molecule has 0 amide bonds. The molecule has 2 nitrogen and oxygen atoms in total. The van der Waals surface area contributed by atoms with Crippen LogP contribution in [0, 0.1) is 0 Å². The van der Waals surface area contributed by atoms with E-state index >= 15 is 0 Å². The molecule has 0 aromatic heterocycles. The second kappa shape index (κ2) is 3.64. The van der Waals surface area contributed by atoms with E-state index in [-0.39, 0.29) is 0 Å². The van der Waals surface area contributed by atoms with Crippen molar-refractivity contribution >= 4 is 0 Å². The Bertz CT molecular complexity index is 86.9. The summed E-state index contributed by atoms with van der Waals surface area (Å²) >= 11 is 0. The summed E-state index contributed by atoms with van der Waals surface area (Å²) in [6, 6.07) is 0. The van der Waals surface area contributed by atoms with E-state index in [0.29, 0.717) is 6.10 Å². The van der Waals surface area contributed by atoms with E-state index < -0.39 is 0 Å². The zero-order chi connectivity index (χ0) is 6.53. The number of ether oxygens (including phenoxy) is 1. The van der Waals surface area contributed by atoms with Crippen LogP contribution in [-0.2, 0) is 4.74 Å². The first-order valence-corrected chi connectivity index (χ1v) is 3.29. The topological polar surface area (TPSA) is 23.3 Å². The molecule has 0 aromatic carbocycles. The Hall–Kier alpha value is -0.340. The average molecular weight is 126 g/mol. The third-order valence-corrected chi connectivity index (χ3v) is 1.37. The van der Waals surface area contributed by atoms with Gasteiger partial charge in [-0.05, 0) is 6.42 Å². The van der Waals surface area contributed by atoms with Crippen LogP contribution in [0.15, 0.2) is 12.7 Å². The largest absolute Gasteiger partial charge is 0.375 e. The minimum atomic E-state index is 0.316. The third-order valence-electron chi connectivity index (χ3n) is 1.37. The molecule has 0 spiro atoms. The molecule has 1 saturated heterocycles. The minimum Gasteiger partial charge on any atom is -0.375 e. The molecule has 9 heavy (non-hydrogen) atoms. The predicted molar refractivity (Wildman–Crippen MR) is 36.4 cm³/mol. The van der Waals surface area contributed by atoms with Crippen molar-refractivity contribution in [2.24, 2.45) is 0 Å². The van der Waals surface area contributed by atoms with Gasteiger partial charge < -0.3 is 4.74 Å². The molecule has 0 aromatic rings. The highest BCUT2D eigenvalue weighted by atomic mass is 16.5. The van der Waals surface area contributed by atoms with Crippen LogP contribution in [-0.4, -0.2) is 25.8 Å². The predicted octanol–water partition coefficient (Wildman–Crippen LogP) is 0.566.